The van der Waals surface area contributed by atoms with E-state index < -0.39 is 10.2 Å². The number of nitrogens with zero attached hydrogens (tertiary/aromatic N) is 2. The van der Waals surface area contributed by atoms with Crippen LogP contribution in [0.25, 0.3) is 0 Å². The zero-order valence-electron chi connectivity index (χ0n) is 10.3. The highest BCUT2D eigenvalue weighted by atomic mass is 35.5. The molecule has 1 saturated heterocycles. The molecule has 1 aliphatic rings. The van der Waals surface area contributed by atoms with Gasteiger partial charge in [-0.05, 0) is 12.8 Å². The Morgan fingerprint density at radius 2 is 1.82 bits per heavy atom. The Bertz CT molecular complexity index is 305. The zero-order valence-corrected chi connectivity index (χ0v) is 12.0. The summed E-state index contributed by atoms with van der Waals surface area (Å²) in [5.74, 6) is 0. The third-order valence-electron chi connectivity index (χ3n) is 2.71. The number of rotatable bonds is 5. The predicted octanol–water partition coefficient (Wildman–Crippen LogP) is -0.346. The molecule has 1 fully saturated rings. The molecular weight excluding hydrogens is 266 g/mol. The van der Waals surface area contributed by atoms with Gasteiger partial charge in [-0.15, -0.1) is 12.4 Å². The average Bonchev–Trinajstić information content (AvgIpc) is 2.26. The van der Waals surface area contributed by atoms with Gasteiger partial charge in [0.1, 0.15) is 0 Å². The lowest BCUT2D eigenvalue weighted by molar-refractivity contribution is 0.0578. The summed E-state index contributed by atoms with van der Waals surface area (Å²) in [6.45, 7) is 1.94. The van der Waals surface area contributed by atoms with Crippen LogP contribution >= 0.6 is 12.4 Å². The number of nitrogens with two attached hydrogens (primary N) is 1. The maximum atomic E-state index is 12.1. The second-order valence-corrected chi connectivity index (χ2v) is 6.13. The van der Waals surface area contributed by atoms with Crippen molar-refractivity contribution in [2.45, 2.75) is 18.9 Å². The van der Waals surface area contributed by atoms with Gasteiger partial charge in [0.05, 0.1) is 0 Å². The molecule has 0 amide bonds. The van der Waals surface area contributed by atoms with Crippen LogP contribution in [0.2, 0.25) is 0 Å². The quantitative estimate of drug-likeness (QED) is 0.750. The van der Waals surface area contributed by atoms with Crippen LogP contribution < -0.4 is 5.73 Å². The van der Waals surface area contributed by atoms with E-state index in [-0.39, 0.29) is 18.4 Å². The Balaban J connectivity index is 0.00000256. The van der Waals surface area contributed by atoms with Crippen LogP contribution in [0.4, 0.5) is 0 Å². The molecule has 104 valence electrons. The van der Waals surface area contributed by atoms with E-state index in [9.17, 15) is 8.42 Å². The van der Waals surface area contributed by atoms with Gasteiger partial charge >= 0.3 is 0 Å². The Labute approximate surface area is 110 Å². The van der Waals surface area contributed by atoms with Gasteiger partial charge in [0, 0.05) is 46.4 Å². The third-order valence-corrected chi connectivity index (χ3v) is 4.70. The Morgan fingerprint density at radius 3 is 2.24 bits per heavy atom. The Morgan fingerprint density at radius 1 is 1.29 bits per heavy atom. The van der Waals surface area contributed by atoms with Crippen molar-refractivity contribution in [2.75, 3.05) is 40.4 Å². The van der Waals surface area contributed by atoms with Gasteiger partial charge < -0.3 is 10.5 Å². The average molecular weight is 288 g/mol. The lowest BCUT2D eigenvalue weighted by Gasteiger charge is -2.34. The topological polar surface area (TPSA) is 75.9 Å². The fourth-order valence-electron chi connectivity index (χ4n) is 1.80. The van der Waals surface area contributed by atoms with Crippen LogP contribution in [0, 0.1) is 0 Å². The van der Waals surface area contributed by atoms with Gasteiger partial charge in [-0.1, -0.05) is 0 Å². The highest BCUT2D eigenvalue weighted by molar-refractivity contribution is 7.86. The molecule has 0 atom stereocenters. The van der Waals surface area contributed by atoms with E-state index in [4.69, 9.17) is 10.5 Å². The second-order valence-electron chi connectivity index (χ2n) is 4.03. The van der Waals surface area contributed by atoms with E-state index in [2.05, 4.69) is 0 Å². The van der Waals surface area contributed by atoms with Gasteiger partial charge in [-0.3, -0.25) is 0 Å². The summed E-state index contributed by atoms with van der Waals surface area (Å²) < 4.78 is 32.1. The normalized spacial score (nSPS) is 18.4. The molecule has 0 aliphatic carbocycles. The van der Waals surface area contributed by atoms with Crippen LogP contribution in [0.3, 0.4) is 0 Å². The largest absolute Gasteiger partial charge is 0.381 e. The second kappa shape index (κ2) is 7.50. The van der Waals surface area contributed by atoms with E-state index in [0.717, 1.165) is 12.8 Å². The number of ether oxygens (including phenoxy) is 1. The molecule has 0 spiro atoms. The van der Waals surface area contributed by atoms with Gasteiger partial charge in [0.25, 0.3) is 10.2 Å². The van der Waals surface area contributed by atoms with Crippen molar-refractivity contribution in [3.63, 3.8) is 0 Å². The molecule has 2 N–H and O–H groups in total. The zero-order chi connectivity index (χ0) is 12.2. The van der Waals surface area contributed by atoms with Gasteiger partial charge in [0.2, 0.25) is 0 Å². The number of hydrogen-bond acceptors (Lipinski definition) is 4. The van der Waals surface area contributed by atoms with Crippen LogP contribution in [0.15, 0.2) is 0 Å². The number of halogens is 1. The molecule has 0 aromatic rings. The van der Waals surface area contributed by atoms with E-state index in [0.29, 0.717) is 26.3 Å². The van der Waals surface area contributed by atoms with Gasteiger partial charge in [-0.2, -0.15) is 17.0 Å². The fraction of sp³-hybridized carbons (Fsp3) is 1.00. The van der Waals surface area contributed by atoms with E-state index in [1.165, 1.54) is 22.7 Å². The lowest BCUT2D eigenvalue weighted by Crippen LogP contribution is -2.49. The van der Waals surface area contributed by atoms with Crippen molar-refractivity contribution in [1.29, 1.82) is 0 Å². The monoisotopic (exact) mass is 287 g/mol. The van der Waals surface area contributed by atoms with Crippen molar-refractivity contribution in [2.24, 2.45) is 5.73 Å². The minimum absolute atomic E-state index is 0. The highest BCUT2D eigenvalue weighted by Gasteiger charge is 2.32. The first-order valence-electron chi connectivity index (χ1n) is 5.47. The summed E-state index contributed by atoms with van der Waals surface area (Å²) in [6, 6.07) is 0.0182. The molecule has 0 bridgehead atoms. The maximum Gasteiger partial charge on any atom is 0.281 e. The van der Waals surface area contributed by atoms with Crippen LogP contribution in [0.5, 0.6) is 0 Å². The first kappa shape index (κ1) is 17.1. The third kappa shape index (κ3) is 4.35. The molecule has 1 rings (SSSR count). The molecule has 0 unspecified atom stereocenters. The van der Waals surface area contributed by atoms with Gasteiger partial charge in [0.15, 0.2) is 0 Å². The summed E-state index contributed by atoms with van der Waals surface area (Å²) in [4.78, 5) is 0. The predicted molar refractivity (Wildman–Crippen MR) is 69.5 cm³/mol. The van der Waals surface area contributed by atoms with Crippen LogP contribution in [-0.4, -0.2) is 63.5 Å². The minimum atomic E-state index is -3.37. The molecule has 1 aliphatic heterocycles. The lowest BCUT2D eigenvalue weighted by atomic mass is 10.1. The molecular formula is C9H22ClN3O3S. The summed E-state index contributed by atoms with van der Waals surface area (Å²) in [5, 5.41) is 0. The van der Waals surface area contributed by atoms with E-state index >= 15 is 0 Å². The minimum Gasteiger partial charge on any atom is -0.381 e. The summed E-state index contributed by atoms with van der Waals surface area (Å²) in [6.07, 6.45) is 1.49. The molecule has 6 nitrogen and oxygen atoms in total. The molecule has 0 radical (unpaired) electrons. The molecule has 0 saturated carbocycles. The van der Waals surface area contributed by atoms with Crippen LogP contribution in [0.1, 0.15) is 12.8 Å². The summed E-state index contributed by atoms with van der Waals surface area (Å²) in [5.41, 5.74) is 5.48. The standard InChI is InChI=1S/C9H21N3O3S.ClH/c1-11(2)16(13,14)12(6-5-10)9-3-7-15-8-4-9;/h9H,3-8,10H2,1-2H3;1H. The van der Waals surface area contributed by atoms with Gasteiger partial charge in [-0.25, -0.2) is 0 Å². The maximum absolute atomic E-state index is 12.1. The molecule has 0 aromatic heterocycles. The molecule has 8 heteroatoms. The van der Waals surface area contributed by atoms with E-state index in [1.807, 2.05) is 0 Å². The van der Waals surface area contributed by atoms with E-state index in [1.54, 1.807) is 0 Å². The molecule has 17 heavy (non-hydrogen) atoms. The summed E-state index contributed by atoms with van der Waals surface area (Å²) >= 11 is 0. The SMILES string of the molecule is CN(C)S(=O)(=O)N(CCN)C1CCOCC1.Cl. The first-order valence-corrected chi connectivity index (χ1v) is 6.87. The van der Waals surface area contributed by atoms with Crippen molar-refractivity contribution in [3.8, 4) is 0 Å². The molecule has 0 aromatic carbocycles. The Kier molecular flexibility index (Phi) is 7.54. The van der Waals surface area contributed by atoms with Crippen molar-refractivity contribution < 1.29 is 13.2 Å². The van der Waals surface area contributed by atoms with Crippen molar-refractivity contribution >= 4 is 22.6 Å². The smallest absolute Gasteiger partial charge is 0.281 e. The summed E-state index contributed by atoms with van der Waals surface area (Å²) in [7, 11) is -0.290. The van der Waals surface area contributed by atoms with Crippen molar-refractivity contribution in [1.82, 2.24) is 8.61 Å². The number of hydrogen-bond donors (Lipinski definition) is 1. The van der Waals surface area contributed by atoms with Crippen LogP contribution in [-0.2, 0) is 14.9 Å². The fourth-order valence-corrected chi connectivity index (χ4v) is 3.14. The molecule has 1 heterocycles. The van der Waals surface area contributed by atoms with Crippen molar-refractivity contribution in [3.05, 3.63) is 0 Å². The highest BCUT2D eigenvalue weighted by Crippen LogP contribution is 2.18. The Hall–Kier alpha value is 0.0800. The first-order chi connectivity index (χ1) is 7.50.